The molecule has 3 rings (SSSR count). The molecule has 2 aliphatic rings. The Hall–Kier alpha value is -1.88. The summed E-state index contributed by atoms with van der Waals surface area (Å²) in [6.45, 7) is 1.64. The lowest BCUT2D eigenvalue weighted by Gasteiger charge is -2.24. The normalized spacial score (nSPS) is 28.0. The Balaban J connectivity index is 1.42. The standard InChI is InChI=1S/C23H32B2NO10P/c1-4-16-18(10-21(25)33-16)36-37(29-3)32-11-19-17(9-20(24)34-19)35-23(28)13-31-15-7-5-14(6-8-15)30-12-22(27)26-2/h5-8,16-21H,4,9-13H2,1-3H3,(H,26,27)/t16-,17?,18?,19-,20-,21-,37?/m1/s1. The summed E-state index contributed by atoms with van der Waals surface area (Å²) in [5.74, 6) is 0.104. The minimum absolute atomic E-state index is 0.0555. The van der Waals surface area contributed by atoms with Crippen LogP contribution in [0.2, 0.25) is 0 Å². The molecule has 2 aliphatic heterocycles. The van der Waals surface area contributed by atoms with Gasteiger partial charge in [0, 0.05) is 32.6 Å². The Labute approximate surface area is 220 Å². The van der Waals surface area contributed by atoms with E-state index in [0.717, 1.165) is 6.42 Å². The number of ether oxygens (including phenoxy) is 5. The summed E-state index contributed by atoms with van der Waals surface area (Å²) in [6.07, 6.45) is 0.0273. The summed E-state index contributed by atoms with van der Waals surface area (Å²) in [5, 5.41) is 2.47. The number of benzene rings is 1. The molecule has 37 heavy (non-hydrogen) atoms. The molecule has 4 radical (unpaired) electrons. The third kappa shape index (κ3) is 9.42. The van der Waals surface area contributed by atoms with E-state index in [9.17, 15) is 9.59 Å². The minimum atomic E-state index is -1.69. The number of esters is 1. The molecule has 1 N–H and O–H groups in total. The lowest BCUT2D eigenvalue weighted by molar-refractivity contribution is -0.155. The number of likely N-dealkylation sites (N-methyl/N-ethyl adjacent to an activating group) is 1. The molecule has 2 fully saturated rings. The number of carbonyl (C=O) groups excluding carboxylic acids is 2. The summed E-state index contributed by atoms with van der Waals surface area (Å²) in [4.78, 5) is 23.7. The van der Waals surface area contributed by atoms with Crippen LogP contribution in [0.15, 0.2) is 24.3 Å². The molecule has 2 saturated heterocycles. The third-order valence-electron chi connectivity index (χ3n) is 5.69. The van der Waals surface area contributed by atoms with Crippen LogP contribution in [0.25, 0.3) is 0 Å². The van der Waals surface area contributed by atoms with Crippen LogP contribution in [-0.2, 0) is 37.4 Å². The fourth-order valence-corrected chi connectivity index (χ4v) is 4.77. The molecule has 0 aliphatic carbocycles. The van der Waals surface area contributed by atoms with E-state index in [-0.39, 0.29) is 43.9 Å². The van der Waals surface area contributed by atoms with E-state index >= 15 is 0 Å². The first-order valence-electron chi connectivity index (χ1n) is 12.0. The van der Waals surface area contributed by atoms with Crippen LogP contribution >= 0.6 is 8.60 Å². The summed E-state index contributed by atoms with van der Waals surface area (Å²) in [7, 11) is 13.1. The predicted molar refractivity (Wildman–Crippen MR) is 134 cm³/mol. The smallest absolute Gasteiger partial charge is 0.344 e. The van der Waals surface area contributed by atoms with Crippen LogP contribution in [0, 0.1) is 0 Å². The van der Waals surface area contributed by atoms with E-state index in [2.05, 4.69) is 5.32 Å². The molecule has 7 atom stereocenters. The van der Waals surface area contributed by atoms with Gasteiger partial charge in [-0.2, -0.15) is 0 Å². The molecule has 0 aromatic heterocycles. The molecular weight excluding hydrogens is 503 g/mol. The van der Waals surface area contributed by atoms with Crippen LogP contribution in [-0.4, -0.2) is 98.0 Å². The van der Waals surface area contributed by atoms with E-state index in [4.69, 9.17) is 52.9 Å². The molecule has 11 nitrogen and oxygen atoms in total. The average Bonchev–Trinajstić information content (AvgIpc) is 3.44. The van der Waals surface area contributed by atoms with Gasteiger partial charge in [-0.15, -0.1) is 0 Å². The number of hydrogen-bond acceptors (Lipinski definition) is 10. The molecule has 14 heteroatoms. The SMILES string of the molecule is [B][C@H]1CC(OC(=O)COc2ccc(OCC(=O)NC)cc2)[C@@H](COP(OC)OC2C[C@H]([B])O[C@@H]2CC)O1. The van der Waals surface area contributed by atoms with Gasteiger partial charge < -0.3 is 42.6 Å². The van der Waals surface area contributed by atoms with E-state index in [1.807, 2.05) is 6.92 Å². The van der Waals surface area contributed by atoms with Crippen molar-refractivity contribution in [2.75, 3.05) is 34.0 Å². The Morgan fingerprint density at radius 1 is 1.00 bits per heavy atom. The van der Waals surface area contributed by atoms with Crippen molar-refractivity contribution in [2.45, 2.75) is 62.6 Å². The zero-order valence-corrected chi connectivity index (χ0v) is 22.1. The number of carbonyl (C=O) groups is 2. The van der Waals surface area contributed by atoms with E-state index < -0.39 is 32.8 Å². The highest BCUT2D eigenvalue weighted by molar-refractivity contribution is 7.41. The largest absolute Gasteiger partial charge is 0.484 e. The Morgan fingerprint density at radius 3 is 2.19 bits per heavy atom. The molecule has 0 spiro atoms. The fraction of sp³-hybridized carbons (Fsp3) is 0.652. The molecule has 200 valence electrons. The van der Waals surface area contributed by atoms with Crippen molar-refractivity contribution in [2.24, 2.45) is 0 Å². The second kappa shape index (κ2) is 14.9. The average molecular weight is 535 g/mol. The van der Waals surface area contributed by atoms with Gasteiger partial charge in [0.1, 0.15) is 39.4 Å². The van der Waals surface area contributed by atoms with Gasteiger partial charge >= 0.3 is 14.6 Å². The molecule has 1 aromatic rings. The van der Waals surface area contributed by atoms with Gasteiger partial charge in [-0.05, 0) is 37.1 Å². The van der Waals surface area contributed by atoms with E-state index in [1.165, 1.54) is 14.2 Å². The first-order chi connectivity index (χ1) is 17.8. The maximum absolute atomic E-state index is 12.4. The van der Waals surface area contributed by atoms with Gasteiger partial charge in [0.15, 0.2) is 13.2 Å². The number of hydrogen-bond donors (Lipinski definition) is 1. The Kier molecular flexibility index (Phi) is 11.9. The van der Waals surface area contributed by atoms with E-state index in [1.54, 1.807) is 24.3 Å². The summed E-state index contributed by atoms with van der Waals surface area (Å²) >= 11 is 0. The molecule has 2 heterocycles. The molecule has 3 unspecified atom stereocenters. The van der Waals surface area contributed by atoms with Crippen molar-refractivity contribution in [1.82, 2.24) is 5.32 Å². The molecule has 1 amide bonds. The predicted octanol–water partition coefficient (Wildman–Crippen LogP) is 1.35. The highest BCUT2D eigenvalue weighted by atomic mass is 31.2. The minimum Gasteiger partial charge on any atom is -0.484 e. The van der Waals surface area contributed by atoms with Gasteiger partial charge in [0.2, 0.25) is 0 Å². The lowest BCUT2D eigenvalue weighted by Crippen LogP contribution is -2.32. The molecular formula is C23H32B2NO10P. The van der Waals surface area contributed by atoms with Crippen molar-refractivity contribution in [3.8, 4) is 11.5 Å². The van der Waals surface area contributed by atoms with Crippen molar-refractivity contribution in [1.29, 1.82) is 0 Å². The van der Waals surface area contributed by atoms with Crippen LogP contribution in [0.5, 0.6) is 11.5 Å². The third-order valence-corrected chi connectivity index (χ3v) is 6.79. The summed E-state index contributed by atoms with van der Waals surface area (Å²) in [6, 6.07) is 5.52. The van der Waals surface area contributed by atoms with Crippen LogP contribution in [0.1, 0.15) is 26.2 Å². The Bertz CT molecular complexity index is 866. The molecule has 1 aromatic carbocycles. The zero-order chi connectivity index (χ0) is 26.8. The number of rotatable bonds is 14. The van der Waals surface area contributed by atoms with Gasteiger partial charge in [-0.1, -0.05) is 6.92 Å². The number of amides is 1. The van der Waals surface area contributed by atoms with Gasteiger partial charge in [0.25, 0.3) is 5.91 Å². The van der Waals surface area contributed by atoms with Gasteiger partial charge in [0.05, 0.1) is 18.8 Å². The second-order valence-corrected chi connectivity index (χ2v) is 9.68. The van der Waals surface area contributed by atoms with Gasteiger partial charge in [-0.25, -0.2) is 4.79 Å². The monoisotopic (exact) mass is 535 g/mol. The highest BCUT2D eigenvalue weighted by Crippen LogP contribution is 2.44. The van der Waals surface area contributed by atoms with Crippen molar-refractivity contribution in [3.05, 3.63) is 24.3 Å². The number of nitrogens with one attached hydrogen (secondary N) is 1. The fourth-order valence-electron chi connectivity index (χ4n) is 3.81. The van der Waals surface area contributed by atoms with Crippen LogP contribution < -0.4 is 14.8 Å². The zero-order valence-electron chi connectivity index (χ0n) is 21.2. The Morgan fingerprint density at radius 2 is 1.59 bits per heavy atom. The second-order valence-electron chi connectivity index (χ2n) is 8.40. The summed E-state index contributed by atoms with van der Waals surface area (Å²) < 4.78 is 44.7. The molecule has 0 saturated carbocycles. The topological polar surface area (TPSA) is 120 Å². The van der Waals surface area contributed by atoms with Crippen molar-refractivity contribution < 1.29 is 46.8 Å². The van der Waals surface area contributed by atoms with Crippen LogP contribution in [0.3, 0.4) is 0 Å². The quantitative estimate of drug-likeness (QED) is 0.213. The van der Waals surface area contributed by atoms with Crippen molar-refractivity contribution in [3.63, 3.8) is 0 Å². The maximum atomic E-state index is 12.4. The van der Waals surface area contributed by atoms with E-state index in [0.29, 0.717) is 24.3 Å². The first kappa shape index (κ1) is 29.7. The molecule has 0 bridgehead atoms. The summed E-state index contributed by atoms with van der Waals surface area (Å²) in [5.41, 5.74) is 0. The van der Waals surface area contributed by atoms with Crippen LogP contribution in [0.4, 0.5) is 0 Å². The lowest BCUT2D eigenvalue weighted by atomic mass is 9.96. The highest BCUT2D eigenvalue weighted by Gasteiger charge is 2.38. The first-order valence-corrected chi connectivity index (χ1v) is 13.1. The van der Waals surface area contributed by atoms with Gasteiger partial charge in [-0.3, -0.25) is 4.79 Å². The maximum Gasteiger partial charge on any atom is 0.344 e. The van der Waals surface area contributed by atoms with Crippen molar-refractivity contribution >= 4 is 36.2 Å².